The van der Waals surface area contributed by atoms with Crippen LogP contribution in [0.15, 0.2) is 18.2 Å². The van der Waals surface area contributed by atoms with Crippen molar-refractivity contribution in [1.29, 1.82) is 0 Å². The monoisotopic (exact) mass is 263 g/mol. The fraction of sp³-hybridized carbons (Fsp3) is 0.462. The van der Waals surface area contributed by atoms with Crippen LogP contribution in [0.1, 0.15) is 23.2 Å². The molecule has 0 spiro atoms. The Morgan fingerprint density at radius 2 is 2.32 bits per heavy atom. The lowest BCUT2D eigenvalue weighted by Gasteiger charge is -2.30. The molecule has 19 heavy (non-hydrogen) atoms. The first kappa shape index (κ1) is 13.5. The number of nitrogens with one attached hydrogen (secondary N) is 1. The standard InChI is InChI=1S/C13H17N3O3/c1-15-6-2-3-11(8-15)14-12-5-4-10(9-17)7-13(12)16(18)19/h4-5,7,9,11,14H,2-3,6,8H2,1H3. The number of hydrogen-bond donors (Lipinski definition) is 1. The molecule has 6 heteroatoms. The maximum absolute atomic E-state index is 11.0. The quantitative estimate of drug-likeness (QED) is 0.510. The first-order valence-corrected chi connectivity index (χ1v) is 6.29. The van der Waals surface area contributed by atoms with Gasteiger partial charge in [-0.2, -0.15) is 0 Å². The Labute approximate surface area is 111 Å². The highest BCUT2D eigenvalue weighted by atomic mass is 16.6. The number of aldehydes is 1. The molecule has 0 amide bonds. The summed E-state index contributed by atoms with van der Waals surface area (Å²) in [5, 5.41) is 14.2. The summed E-state index contributed by atoms with van der Waals surface area (Å²) in [6.45, 7) is 1.93. The molecular weight excluding hydrogens is 246 g/mol. The van der Waals surface area contributed by atoms with Gasteiger partial charge < -0.3 is 10.2 Å². The third kappa shape index (κ3) is 3.29. The number of nitro groups is 1. The van der Waals surface area contributed by atoms with Crippen LogP contribution in [0.5, 0.6) is 0 Å². The first-order chi connectivity index (χ1) is 9.10. The zero-order valence-electron chi connectivity index (χ0n) is 10.8. The second-order valence-corrected chi connectivity index (χ2v) is 4.90. The molecule has 0 aliphatic carbocycles. The SMILES string of the molecule is CN1CCCC(Nc2ccc(C=O)cc2[N+](=O)[O-])C1. The van der Waals surface area contributed by atoms with E-state index in [-0.39, 0.29) is 11.7 Å². The van der Waals surface area contributed by atoms with Crippen molar-refractivity contribution in [3.63, 3.8) is 0 Å². The fourth-order valence-corrected chi connectivity index (χ4v) is 2.40. The minimum absolute atomic E-state index is 0.0437. The minimum atomic E-state index is -0.456. The molecule has 1 heterocycles. The van der Waals surface area contributed by atoms with E-state index in [9.17, 15) is 14.9 Å². The molecule has 1 fully saturated rings. The molecule has 1 atom stereocenters. The molecule has 1 N–H and O–H groups in total. The van der Waals surface area contributed by atoms with Crippen molar-refractivity contribution < 1.29 is 9.72 Å². The number of hydrogen-bond acceptors (Lipinski definition) is 5. The van der Waals surface area contributed by atoms with Crippen LogP contribution in [0.3, 0.4) is 0 Å². The maximum Gasteiger partial charge on any atom is 0.293 e. The Bertz CT molecular complexity index is 490. The van der Waals surface area contributed by atoms with Crippen molar-refractivity contribution >= 4 is 17.7 Å². The zero-order valence-corrected chi connectivity index (χ0v) is 10.8. The first-order valence-electron chi connectivity index (χ1n) is 6.29. The van der Waals surface area contributed by atoms with Crippen LogP contribution in [0.2, 0.25) is 0 Å². The van der Waals surface area contributed by atoms with E-state index in [0.717, 1.165) is 25.9 Å². The zero-order chi connectivity index (χ0) is 13.8. The molecule has 1 aliphatic rings. The summed E-state index contributed by atoms with van der Waals surface area (Å²) < 4.78 is 0. The lowest BCUT2D eigenvalue weighted by atomic mass is 10.1. The van der Waals surface area contributed by atoms with Gasteiger partial charge in [0.1, 0.15) is 12.0 Å². The number of benzene rings is 1. The Morgan fingerprint density at radius 1 is 1.53 bits per heavy atom. The Morgan fingerprint density at radius 3 is 2.95 bits per heavy atom. The summed E-state index contributed by atoms with van der Waals surface area (Å²) >= 11 is 0. The van der Waals surface area contributed by atoms with Gasteiger partial charge in [-0.15, -0.1) is 0 Å². The number of carbonyl (C=O) groups is 1. The predicted octanol–water partition coefficient (Wildman–Crippen LogP) is 1.91. The normalized spacial score (nSPS) is 19.9. The van der Waals surface area contributed by atoms with E-state index in [2.05, 4.69) is 10.2 Å². The van der Waals surface area contributed by atoms with Gasteiger partial charge in [0.25, 0.3) is 5.69 Å². The summed E-state index contributed by atoms with van der Waals surface area (Å²) in [5.74, 6) is 0. The molecule has 1 aromatic carbocycles. The van der Waals surface area contributed by atoms with Crippen molar-refractivity contribution in [2.24, 2.45) is 0 Å². The van der Waals surface area contributed by atoms with Crippen molar-refractivity contribution in [3.8, 4) is 0 Å². The largest absolute Gasteiger partial charge is 0.375 e. The highest BCUT2D eigenvalue weighted by Crippen LogP contribution is 2.27. The van der Waals surface area contributed by atoms with Gasteiger partial charge in [0.15, 0.2) is 0 Å². The van der Waals surface area contributed by atoms with Gasteiger partial charge in [0, 0.05) is 24.2 Å². The molecule has 0 radical (unpaired) electrons. The predicted molar refractivity (Wildman–Crippen MR) is 72.6 cm³/mol. The number of piperidine rings is 1. The molecule has 1 unspecified atom stereocenters. The molecule has 0 aromatic heterocycles. The Kier molecular flexibility index (Phi) is 4.11. The van der Waals surface area contributed by atoms with Gasteiger partial charge in [-0.1, -0.05) is 0 Å². The molecule has 1 aliphatic heterocycles. The van der Waals surface area contributed by atoms with Gasteiger partial charge in [0.2, 0.25) is 0 Å². The van der Waals surface area contributed by atoms with E-state index < -0.39 is 4.92 Å². The van der Waals surface area contributed by atoms with Gasteiger partial charge in [-0.05, 0) is 38.6 Å². The topological polar surface area (TPSA) is 75.5 Å². The number of rotatable bonds is 4. The number of likely N-dealkylation sites (tertiary alicyclic amines) is 1. The lowest BCUT2D eigenvalue weighted by Crippen LogP contribution is -2.39. The Balaban J connectivity index is 2.19. The van der Waals surface area contributed by atoms with E-state index in [0.29, 0.717) is 17.5 Å². The van der Waals surface area contributed by atoms with E-state index in [1.807, 2.05) is 7.05 Å². The van der Waals surface area contributed by atoms with Crippen LogP contribution in [-0.4, -0.2) is 42.3 Å². The van der Waals surface area contributed by atoms with Crippen LogP contribution >= 0.6 is 0 Å². The van der Waals surface area contributed by atoms with E-state index >= 15 is 0 Å². The second kappa shape index (κ2) is 5.79. The van der Waals surface area contributed by atoms with Gasteiger partial charge in [0.05, 0.1) is 4.92 Å². The van der Waals surface area contributed by atoms with E-state index in [1.165, 1.54) is 6.07 Å². The van der Waals surface area contributed by atoms with E-state index in [4.69, 9.17) is 0 Å². The lowest BCUT2D eigenvalue weighted by molar-refractivity contribution is -0.384. The van der Waals surface area contributed by atoms with Gasteiger partial charge in [-0.25, -0.2) is 0 Å². The van der Waals surface area contributed by atoms with Crippen LogP contribution < -0.4 is 5.32 Å². The Hall–Kier alpha value is -1.95. The molecule has 1 aromatic rings. The number of nitrogens with zero attached hydrogens (tertiary/aromatic N) is 2. The van der Waals surface area contributed by atoms with Crippen LogP contribution in [0.4, 0.5) is 11.4 Å². The van der Waals surface area contributed by atoms with Crippen LogP contribution in [0, 0.1) is 10.1 Å². The average Bonchev–Trinajstić information content (AvgIpc) is 2.39. The highest BCUT2D eigenvalue weighted by molar-refractivity contribution is 5.79. The molecule has 102 valence electrons. The number of nitro benzene ring substituents is 1. The maximum atomic E-state index is 11.0. The third-order valence-corrected chi connectivity index (χ3v) is 3.34. The summed E-state index contributed by atoms with van der Waals surface area (Å²) in [6, 6.07) is 4.72. The van der Waals surface area contributed by atoms with E-state index in [1.54, 1.807) is 12.1 Å². The second-order valence-electron chi connectivity index (χ2n) is 4.90. The van der Waals surface area contributed by atoms with Gasteiger partial charge >= 0.3 is 0 Å². The number of likely N-dealkylation sites (N-methyl/N-ethyl adjacent to an activating group) is 1. The summed E-state index contributed by atoms with van der Waals surface area (Å²) in [7, 11) is 2.04. The van der Waals surface area contributed by atoms with Crippen molar-refractivity contribution in [1.82, 2.24) is 4.90 Å². The summed E-state index contributed by atoms with van der Waals surface area (Å²) in [5.41, 5.74) is 0.756. The van der Waals surface area contributed by atoms with Crippen molar-refractivity contribution in [2.45, 2.75) is 18.9 Å². The molecule has 0 bridgehead atoms. The molecular formula is C13H17N3O3. The molecule has 0 saturated carbocycles. The smallest absolute Gasteiger partial charge is 0.293 e. The third-order valence-electron chi connectivity index (χ3n) is 3.34. The van der Waals surface area contributed by atoms with Crippen LogP contribution in [-0.2, 0) is 0 Å². The van der Waals surface area contributed by atoms with Crippen molar-refractivity contribution in [2.75, 3.05) is 25.5 Å². The summed E-state index contributed by atoms with van der Waals surface area (Å²) in [6.07, 6.45) is 2.69. The molecule has 2 rings (SSSR count). The molecule has 1 saturated heterocycles. The average molecular weight is 263 g/mol. The fourth-order valence-electron chi connectivity index (χ4n) is 2.40. The number of anilines is 1. The number of carbonyl (C=O) groups excluding carboxylic acids is 1. The minimum Gasteiger partial charge on any atom is -0.375 e. The van der Waals surface area contributed by atoms with Crippen molar-refractivity contribution in [3.05, 3.63) is 33.9 Å². The summed E-state index contributed by atoms with van der Waals surface area (Å²) in [4.78, 5) is 23.5. The van der Waals surface area contributed by atoms with Gasteiger partial charge in [-0.3, -0.25) is 14.9 Å². The molecule has 6 nitrogen and oxygen atoms in total. The van der Waals surface area contributed by atoms with Crippen LogP contribution in [0.25, 0.3) is 0 Å². The highest BCUT2D eigenvalue weighted by Gasteiger charge is 2.21.